The molecule has 0 heterocycles. The Morgan fingerprint density at radius 1 is 0.745 bits per heavy atom. The van der Waals surface area contributed by atoms with Gasteiger partial charge in [0.15, 0.2) is 0 Å². The Hall–Kier alpha value is -3.93. The zero-order valence-electron chi connectivity index (χ0n) is 33.6. The minimum atomic E-state index is -0.650. The first kappa shape index (κ1) is 43.2. The van der Waals surface area contributed by atoms with Crippen LogP contribution in [0.25, 0.3) is 0 Å². The summed E-state index contributed by atoms with van der Waals surface area (Å²) in [6, 6.07) is -0.650. The average Bonchev–Trinajstić information content (AvgIpc) is 3.02. The summed E-state index contributed by atoms with van der Waals surface area (Å²) in [7, 11) is 1.57. The number of hydrogen-bond donors (Lipinski definition) is 3. The minimum absolute atomic E-state index is 0.142. The van der Waals surface area contributed by atoms with Gasteiger partial charge in [-0.1, -0.05) is 93.0 Å². The van der Waals surface area contributed by atoms with Gasteiger partial charge < -0.3 is 16.0 Å². The SMILES string of the molecule is CNC(=O)C(CCCCNC(=O)/C=C(C)/C=C/C=C(\C)C1=C(C)CCCC1(C)C)NC(=O)/C=C(C)/C=C/C=C(C)/C=C/C1=C(C)CCCC1(C)C. The van der Waals surface area contributed by atoms with Crippen molar-refractivity contribution in [3.63, 3.8) is 0 Å². The molecule has 2 aliphatic rings. The summed E-state index contributed by atoms with van der Waals surface area (Å²) < 4.78 is 0. The average molecular weight is 698 g/mol. The summed E-state index contributed by atoms with van der Waals surface area (Å²) in [5, 5.41) is 8.42. The standard InChI is InChI=1S/C45H67N3O3/c1-32(25-26-38-35(4)22-16-27-44(38,7)8)18-14-19-34(3)31-41(50)48-39(43(51)46-11)24-12-13-29-47-40(49)30-33(2)20-15-21-36(5)42-37(6)23-17-28-45(42,9)10/h14-15,18-21,25-26,30-31,39H,12-13,16-17,22-24,27-29H2,1-11H3,(H,46,51)(H,47,49)(H,48,50)/b19-14+,20-15+,26-25+,32-18+,33-30+,34-31+,36-21+. The number of hydrogen-bond acceptors (Lipinski definition) is 3. The Bertz CT molecular complexity index is 1540. The molecule has 0 saturated carbocycles. The first-order chi connectivity index (χ1) is 24.0. The van der Waals surface area contributed by atoms with Crippen LogP contribution in [-0.2, 0) is 14.4 Å². The largest absolute Gasteiger partial charge is 0.357 e. The number of nitrogens with one attached hydrogen (secondary N) is 3. The molecule has 3 amide bonds. The third-order valence-corrected chi connectivity index (χ3v) is 10.1. The van der Waals surface area contributed by atoms with Crippen LogP contribution >= 0.6 is 0 Å². The maximum atomic E-state index is 12.8. The van der Waals surface area contributed by atoms with Gasteiger partial charge in [-0.25, -0.2) is 0 Å². The van der Waals surface area contributed by atoms with Gasteiger partial charge in [0.05, 0.1) is 0 Å². The molecule has 0 aromatic rings. The molecule has 0 saturated heterocycles. The predicted molar refractivity (Wildman–Crippen MR) is 216 cm³/mol. The van der Waals surface area contributed by atoms with Crippen LogP contribution in [0, 0.1) is 10.8 Å². The summed E-state index contributed by atoms with van der Waals surface area (Å²) in [4.78, 5) is 37.8. The molecule has 0 radical (unpaired) electrons. The maximum absolute atomic E-state index is 12.8. The third kappa shape index (κ3) is 15.1. The fourth-order valence-electron chi connectivity index (χ4n) is 7.46. The number of unbranched alkanes of at least 4 members (excludes halogenated alkanes) is 1. The van der Waals surface area contributed by atoms with E-state index in [1.165, 1.54) is 66.0 Å². The Kier molecular flexibility index (Phi) is 17.6. The lowest BCUT2D eigenvalue weighted by molar-refractivity contribution is -0.127. The number of carbonyl (C=O) groups excluding carboxylic acids is 3. The summed E-state index contributed by atoms with van der Waals surface area (Å²) >= 11 is 0. The summed E-state index contributed by atoms with van der Waals surface area (Å²) in [5.74, 6) is -0.690. The van der Waals surface area contributed by atoms with E-state index in [-0.39, 0.29) is 28.6 Å². The molecule has 1 unspecified atom stereocenters. The number of amides is 3. The van der Waals surface area contributed by atoms with Crippen molar-refractivity contribution in [2.24, 2.45) is 10.8 Å². The van der Waals surface area contributed by atoms with E-state index in [0.29, 0.717) is 25.8 Å². The molecule has 0 bridgehead atoms. The molecule has 0 aromatic carbocycles. The normalized spacial score (nSPS) is 19.7. The lowest BCUT2D eigenvalue weighted by Crippen LogP contribution is -2.45. The fourth-order valence-corrected chi connectivity index (χ4v) is 7.46. The van der Waals surface area contributed by atoms with Crippen molar-refractivity contribution in [2.75, 3.05) is 13.6 Å². The Balaban J connectivity index is 1.83. The van der Waals surface area contributed by atoms with Crippen LogP contribution < -0.4 is 16.0 Å². The van der Waals surface area contributed by atoms with Gasteiger partial charge in [-0.2, -0.15) is 0 Å². The highest BCUT2D eigenvalue weighted by Gasteiger charge is 2.29. The van der Waals surface area contributed by atoms with Crippen LogP contribution in [0.5, 0.6) is 0 Å². The zero-order valence-corrected chi connectivity index (χ0v) is 33.6. The Labute approximate surface area is 310 Å². The van der Waals surface area contributed by atoms with Crippen LogP contribution in [-0.4, -0.2) is 37.4 Å². The van der Waals surface area contributed by atoms with E-state index in [2.05, 4.69) is 89.6 Å². The smallest absolute Gasteiger partial charge is 0.244 e. The van der Waals surface area contributed by atoms with Crippen molar-refractivity contribution < 1.29 is 14.4 Å². The monoisotopic (exact) mass is 698 g/mol. The van der Waals surface area contributed by atoms with Crippen molar-refractivity contribution in [3.05, 3.63) is 105 Å². The van der Waals surface area contributed by atoms with Crippen LogP contribution in [0.4, 0.5) is 0 Å². The van der Waals surface area contributed by atoms with Crippen LogP contribution in [0.1, 0.15) is 127 Å². The van der Waals surface area contributed by atoms with Gasteiger partial charge in [-0.15, -0.1) is 0 Å². The molecule has 51 heavy (non-hydrogen) atoms. The maximum Gasteiger partial charge on any atom is 0.244 e. The van der Waals surface area contributed by atoms with Gasteiger partial charge >= 0.3 is 0 Å². The van der Waals surface area contributed by atoms with Gasteiger partial charge in [0.25, 0.3) is 0 Å². The van der Waals surface area contributed by atoms with E-state index in [1.54, 1.807) is 13.1 Å². The summed E-state index contributed by atoms with van der Waals surface area (Å²) in [5.41, 5.74) is 10.3. The molecule has 6 heteroatoms. The van der Waals surface area contributed by atoms with E-state index < -0.39 is 6.04 Å². The van der Waals surface area contributed by atoms with E-state index in [0.717, 1.165) is 23.1 Å². The molecule has 0 aromatic heterocycles. The second-order valence-corrected chi connectivity index (χ2v) is 15.9. The first-order valence-corrected chi connectivity index (χ1v) is 18.9. The second kappa shape index (κ2) is 20.8. The number of likely N-dealkylation sites (N-methyl/N-ethyl adjacent to an activating group) is 1. The molecule has 1 atom stereocenters. The lowest BCUT2D eigenvalue weighted by atomic mass is 9.70. The molecule has 2 aliphatic carbocycles. The van der Waals surface area contributed by atoms with E-state index in [1.807, 2.05) is 44.2 Å². The van der Waals surface area contributed by atoms with E-state index >= 15 is 0 Å². The van der Waals surface area contributed by atoms with Gasteiger partial charge in [0.2, 0.25) is 17.7 Å². The van der Waals surface area contributed by atoms with Crippen LogP contribution in [0.2, 0.25) is 0 Å². The molecular weight excluding hydrogens is 631 g/mol. The van der Waals surface area contributed by atoms with Gasteiger partial charge in [0.1, 0.15) is 6.04 Å². The number of rotatable bonds is 16. The van der Waals surface area contributed by atoms with Crippen molar-refractivity contribution in [1.82, 2.24) is 16.0 Å². The van der Waals surface area contributed by atoms with Gasteiger partial charge in [0, 0.05) is 25.7 Å². The molecule has 0 fully saturated rings. The molecule has 2 rings (SSSR count). The minimum Gasteiger partial charge on any atom is -0.357 e. The highest BCUT2D eigenvalue weighted by molar-refractivity contribution is 5.93. The van der Waals surface area contributed by atoms with Crippen LogP contribution in [0.3, 0.4) is 0 Å². The second-order valence-electron chi connectivity index (χ2n) is 15.9. The quantitative estimate of drug-likeness (QED) is 0.0853. The summed E-state index contributed by atoms with van der Waals surface area (Å²) in [6.07, 6.45) is 28.6. The predicted octanol–water partition coefficient (Wildman–Crippen LogP) is 10.0. The molecule has 3 N–H and O–H groups in total. The molecule has 280 valence electrons. The van der Waals surface area contributed by atoms with Crippen molar-refractivity contribution in [1.29, 1.82) is 0 Å². The molecule has 6 nitrogen and oxygen atoms in total. The fraction of sp³-hybridized carbons (Fsp3) is 0.533. The highest BCUT2D eigenvalue weighted by atomic mass is 16.2. The zero-order chi connectivity index (χ0) is 38.2. The Morgan fingerprint density at radius 3 is 1.94 bits per heavy atom. The number of carbonyl (C=O) groups is 3. The van der Waals surface area contributed by atoms with Crippen molar-refractivity contribution in [3.8, 4) is 0 Å². The third-order valence-electron chi connectivity index (χ3n) is 10.1. The van der Waals surface area contributed by atoms with Crippen molar-refractivity contribution in [2.45, 2.75) is 133 Å². The van der Waals surface area contributed by atoms with Crippen molar-refractivity contribution >= 4 is 17.7 Å². The topological polar surface area (TPSA) is 87.3 Å². The van der Waals surface area contributed by atoms with Crippen LogP contribution in [0.15, 0.2) is 105 Å². The highest BCUT2D eigenvalue weighted by Crippen LogP contribution is 2.43. The molecule has 0 aliphatic heterocycles. The first-order valence-electron chi connectivity index (χ1n) is 18.9. The lowest BCUT2D eigenvalue weighted by Gasteiger charge is -2.35. The van der Waals surface area contributed by atoms with Gasteiger partial charge in [-0.05, 0) is 138 Å². The molecular formula is C45H67N3O3. The summed E-state index contributed by atoms with van der Waals surface area (Å²) in [6.45, 7) is 22.3. The van der Waals surface area contributed by atoms with Gasteiger partial charge in [-0.3, -0.25) is 14.4 Å². The van der Waals surface area contributed by atoms with E-state index in [4.69, 9.17) is 0 Å². The Morgan fingerprint density at radius 2 is 1.33 bits per heavy atom. The number of allylic oxidation sites excluding steroid dienone is 16. The molecule has 0 spiro atoms. The van der Waals surface area contributed by atoms with E-state index in [9.17, 15) is 14.4 Å².